The standard InChI is InChI=1S/C10H15NO.C9H13NO/c1-10(2,3)8-5-6-11-7-9(8)12-4;1-7(2)9-8(11-3)5-4-6-10-9/h5-7H,1-4H3;4-7H,1-3H3. The lowest BCUT2D eigenvalue weighted by Gasteiger charge is -2.21. The van der Waals surface area contributed by atoms with Gasteiger partial charge in [0.15, 0.2) is 0 Å². The second kappa shape index (κ2) is 8.51. The van der Waals surface area contributed by atoms with Crippen LogP contribution >= 0.6 is 0 Å². The molecule has 0 bridgehead atoms. The van der Waals surface area contributed by atoms with E-state index in [-0.39, 0.29) is 5.41 Å². The smallest absolute Gasteiger partial charge is 0.140 e. The predicted octanol–water partition coefficient (Wildman–Crippen LogP) is 4.60. The van der Waals surface area contributed by atoms with Crippen molar-refractivity contribution in [2.24, 2.45) is 0 Å². The van der Waals surface area contributed by atoms with Gasteiger partial charge in [-0.05, 0) is 29.5 Å². The maximum absolute atomic E-state index is 5.21. The van der Waals surface area contributed by atoms with Gasteiger partial charge in [-0.25, -0.2) is 0 Å². The second-order valence-electron chi connectivity index (χ2n) is 6.57. The van der Waals surface area contributed by atoms with Crippen LogP contribution in [-0.4, -0.2) is 24.2 Å². The van der Waals surface area contributed by atoms with E-state index in [1.165, 1.54) is 5.56 Å². The molecule has 4 heteroatoms. The summed E-state index contributed by atoms with van der Waals surface area (Å²) in [5.74, 6) is 2.17. The summed E-state index contributed by atoms with van der Waals surface area (Å²) in [5.41, 5.74) is 2.34. The van der Waals surface area contributed by atoms with Crippen LogP contribution in [-0.2, 0) is 5.41 Å². The second-order valence-corrected chi connectivity index (χ2v) is 6.57. The number of methoxy groups -OCH3 is 2. The maximum atomic E-state index is 5.21. The molecular formula is C19H28N2O2. The summed E-state index contributed by atoms with van der Waals surface area (Å²) < 4.78 is 10.4. The summed E-state index contributed by atoms with van der Waals surface area (Å²) in [6, 6.07) is 5.81. The van der Waals surface area contributed by atoms with Crippen molar-refractivity contribution in [2.45, 2.75) is 46.0 Å². The number of rotatable bonds is 3. The van der Waals surface area contributed by atoms with E-state index in [4.69, 9.17) is 9.47 Å². The van der Waals surface area contributed by atoms with E-state index in [2.05, 4.69) is 44.6 Å². The van der Waals surface area contributed by atoms with E-state index in [1.807, 2.05) is 18.2 Å². The Labute approximate surface area is 139 Å². The van der Waals surface area contributed by atoms with Crippen LogP contribution in [0.1, 0.15) is 51.8 Å². The molecular weight excluding hydrogens is 288 g/mol. The average Bonchev–Trinajstić information content (AvgIpc) is 2.54. The molecule has 0 spiro atoms. The highest BCUT2D eigenvalue weighted by atomic mass is 16.5. The van der Waals surface area contributed by atoms with Gasteiger partial charge in [-0.2, -0.15) is 0 Å². The highest BCUT2D eigenvalue weighted by Crippen LogP contribution is 2.29. The van der Waals surface area contributed by atoms with Gasteiger partial charge in [0, 0.05) is 18.0 Å². The summed E-state index contributed by atoms with van der Waals surface area (Å²) in [6.07, 6.45) is 5.33. The van der Waals surface area contributed by atoms with E-state index in [1.54, 1.807) is 32.8 Å². The minimum absolute atomic E-state index is 0.119. The van der Waals surface area contributed by atoms with Gasteiger partial charge in [-0.15, -0.1) is 0 Å². The Morgan fingerprint density at radius 2 is 1.61 bits per heavy atom. The fourth-order valence-electron chi connectivity index (χ4n) is 2.17. The molecule has 0 N–H and O–H groups in total. The van der Waals surface area contributed by atoms with Crippen molar-refractivity contribution in [1.82, 2.24) is 9.97 Å². The van der Waals surface area contributed by atoms with E-state index >= 15 is 0 Å². The minimum Gasteiger partial charge on any atom is -0.495 e. The van der Waals surface area contributed by atoms with Crippen LogP contribution in [0.2, 0.25) is 0 Å². The SMILES string of the molecule is COc1cccnc1C(C)C.COc1cnccc1C(C)(C)C. The normalized spacial score (nSPS) is 10.8. The largest absolute Gasteiger partial charge is 0.495 e. The Hall–Kier alpha value is -2.10. The van der Waals surface area contributed by atoms with Crippen LogP contribution in [0.15, 0.2) is 36.8 Å². The van der Waals surface area contributed by atoms with Crippen molar-refractivity contribution in [3.63, 3.8) is 0 Å². The highest BCUT2D eigenvalue weighted by Gasteiger charge is 2.17. The first-order valence-electron chi connectivity index (χ1n) is 7.78. The van der Waals surface area contributed by atoms with Crippen molar-refractivity contribution in [2.75, 3.05) is 14.2 Å². The monoisotopic (exact) mass is 316 g/mol. The molecule has 0 aliphatic rings. The van der Waals surface area contributed by atoms with Gasteiger partial charge in [0.25, 0.3) is 0 Å². The molecule has 0 aliphatic carbocycles. The third kappa shape index (κ3) is 5.55. The van der Waals surface area contributed by atoms with Crippen LogP contribution in [0.4, 0.5) is 0 Å². The predicted molar refractivity (Wildman–Crippen MR) is 94.4 cm³/mol. The summed E-state index contributed by atoms with van der Waals surface area (Å²) in [6.45, 7) is 10.7. The molecule has 2 heterocycles. The molecule has 0 atom stereocenters. The molecule has 2 aromatic rings. The molecule has 23 heavy (non-hydrogen) atoms. The number of ether oxygens (including phenoxy) is 2. The van der Waals surface area contributed by atoms with E-state index in [9.17, 15) is 0 Å². The lowest BCUT2D eigenvalue weighted by Crippen LogP contribution is -2.12. The third-order valence-corrected chi connectivity index (χ3v) is 3.38. The van der Waals surface area contributed by atoms with Crippen molar-refractivity contribution in [1.29, 1.82) is 0 Å². The quantitative estimate of drug-likeness (QED) is 0.830. The number of hydrogen-bond donors (Lipinski definition) is 0. The molecule has 0 aromatic carbocycles. The Kier molecular flexibility index (Phi) is 7.01. The van der Waals surface area contributed by atoms with Gasteiger partial charge in [0.2, 0.25) is 0 Å². The van der Waals surface area contributed by atoms with Gasteiger partial charge in [0.1, 0.15) is 11.5 Å². The molecule has 0 saturated heterocycles. The van der Waals surface area contributed by atoms with Crippen LogP contribution in [0.25, 0.3) is 0 Å². The van der Waals surface area contributed by atoms with Crippen molar-refractivity contribution in [3.8, 4) is 11.5 Å². The fraction of sp³-hybridized carbons (Fsp3) is 0.474. The number of nitrogens with zero attached hydrogens (tertiary/aromatic N) is 2. The average molecular weight is 316 g/mol. The first-order valence-corrected chi connectivity index (χ1v) is 7.78. The minimum atomic E-state index is 0.119. The Balaban J connectivity index is 0.000000231. The van der Waals surface area contributed by atoms with Crippen LogP contribution < -0.4 is 9.47 Å². The van der Waals surface area contributed by atoms with E-state index < -0.39 is 0 Å². The van der Waals surface area contributed by atoms with Crippen LogP contribution in [0, 0.1) is 0 Å². The molecule has 0 fully saturated rings. The zero-order valence-electron chi connectivity index (χ0n) is 15.3. The Bertz CT molecular complexity index is 604. The molecule has 0 radical (unpaired) electrons. The first-order chi connectivity index (χ1) is 10.8. The number of pyridine rings is 2. The third-order valence-electron chi connectivity index (χ3n) is 3.38. The first kappa shape index (κ1) is 18.9. The van der Waals surface area contributed by atoms with Gasteiger partial charge >= 0.3 is 0 Å². The van der Waals surface area contributed by atoms with Gasteiger partial charge in [-0.1, -0.05) is 34.6 Å². The van der Waals surface area contributed by atoms with Gasteiger partial charge < -0.3 is 9.47 Å². The molecule has 0 unspecified atom stereocenters. The van der Waals surface area contributed by atoms with Crippen molar-refractivity contribution < 1.29 is 9.47 Å². The van der Waals surface area contributed by atoms with E-state index in [0.717, 1.165) is 17.2 Å². The molecule has 2 aromatic heterocycles. The molecule has 0 amide bonds. The lowest BCUT2D eigenvalue weighted by molar-refractivity contribution is 0.395. The zero-order chi connectivity index (χ0) is 17.5. The number of hydrogen-bond acceptors (Lipinski definition) is 4. The summed E-state index contributed by atoms with van der Waals surface area (Å²) in [5, 5.41) is 0. The van der Waals surface area contributed by atoms with Crippen LogP contribution in [0.5, 0.6) is 11.5 Å². The van der Waals surface area contributed by atoms with Crippen molar-refractivity contribution >= 4 is 0 Å². The van der Waals surface area contributed by atoms with Crippen LogP contribution in [0.3, 0.4) is 0 Å². The van der Waals surface area contributed by atoms with Gasteiger partial charge in [0.05, 0.1) is 26.1 Å². The summed E-state index contributed by atoms with van der Waals surface area (Å²) in [7, 11) is 3.34. The molecule has 0 aliphatic heterocycles. The molecule has 0 saturated carbocycles. The summed E-state index contributed by atoms with van der Waals surface area (Å²) in [4.78, 5) is 8.23. The molecule has 126 valence electrons. The summed E-state index contributed by atoms with van der Waals surface area (Å²) >= 11 is 0. The fourth-order valence-corrected chi connectivity index (χ4v) is 2.17. The van der Waals surface area contributed by atoms with E-state index in [0.29, 0.717) is 5.92 Å². The molecule has 2 rings (SSSR count). The maximum Gasteiger partial charge on any atom is 0.140 e. The topological polar surface area (TPSA) is 44.2 Å². The lowest BCUT2D eigenvalue weighted by atomic mass is 9.87. The highest BCUT2D eigenvalue weighted by molar-refractivity contribution is 5.35. The zero-order valence-corrected chi connectivity index (χ0v) is 15.3. The van der Waals surface area contributed by atoms with Gasteiger partial charge in [-0.3, -0.25) is 9.97 Å². The Morgan fingerprint density at radius 3 is 2.04 bits per heavy atom. The van der Waals surface area contributed by atoms with Crippen molar-refractivity contribution in [3.05, 3.63) is 48.0 Å². The molecule has 4 nitrogen and oxygen atoms in total. The number of aromatic nitrogens is 2. The Morgan fingerprint density at radius 1 is 0.957 bits per heavy atom.